The van der Waals surface area contributed by atoms with E-state index in [4.69, 9.17) is 5.73 Å². The lowest BCUT2D eigenvalue weighted by Gasteiger charge is -2.17. The second kappa shape index (κ2) is 3.83. The van der Waals surface area contributed by atoms with Crippen LogP contribution in [0, 0.1) is 5.82 Å². The topological polar surface area (TPSA) is 38.9 Å². The average Bonchev–Trinajstić information content (AvgIpc) is 2.01. The monoisotopic (exact) mass is 182 g/mol. The first-order valence-electron chi connectivity index (χ1n) is 4.37. The van der Waals surface area contributed by atoms with Crippen LogP contribution in [0.4, 0.5) is 4.39 Å². The third-order valence-electron chi connectivity index (χ3n) is 1.84. The third-order valence-corrected chi connectivity index (χ3v) is 1.84. The number of aryl methyl sites for hydroxylation is 1. The maximum atomic E-state index is 13.1. The van der Waals surface area contributed by atoms with Crippen molar-refractivity contribution in [3.8, 4) is 0 Å². The first-order valence-corrected chi connectivity index (χ1v) is 4.37. The summed E-state index contributed by atoms with van der Waals surface area (Å²) in [6, 6.07) is 3.01. The number of pyridine rings is 1. The van der Waals surface area contributed by atoms with Gasteiger partial charge in [0.15, 0.2) is 0 Å². The Balaban J connectivity index is 2.60. The normalized spacial score (nSPS) is 11.7. The molecule has 0 bridgehead atoms. The fraction of sp³-hybridized carbons (Fsp3) is 0.500. The van der Waals surface area contributed by atoms with Crippen molar-refractivity contribution in [2.45, 2.75) is 32.2 Å². The third kappa shape index (κ3) is 3.51. The maximum Gasteiger partial charge on any atom is 0.144 e. The molecule has 72 valence electrons. The molecule has 0 fully saturated rings. The molecule has 2 nitrogen and oxygen atoms in total. The van der Waals surface area contributed by atoms with Gasteiger partial charge < -0.3 is 5.73 Å². The van der Waals surface area contributed by atoms with Gasteiger partial charge in [0.05, 0.1) is 5.69 Å². The van der Waals surface area contributed by atoms with Crippen LogP contribution in [0.3, 0.4) is 0 Å². The molecule has 1 aromatic rings. The molecule has 0 aromatic carbocycles. The average molecular weight is 182 g/mol. The second-order valence-corrected chi connectivity index (χ2v) is 3.92. The Morgan fingerprint density at radius 1 is 1.54 bits per heavy atom. The fourth-order valence-electron chi connectivity index (χ4n) is 1.04. The van der Waals surface area contributed by atoms with Gasteiger partial charge in [0.2, 0.25) is 0 Å². The summed E-state index contributed by atoms with van der Waals surface area (Å²) in [6.45, 7) is 3.85. The van der Waals surface area contributed by atoms with Crippen LogP contribution < -0.4 is 5.73 Å². The highest BCUT2D eigenvalue weighted by Crippen LogP contribution is 2.11. The summed E-state index contributed by atoms with van der Waals surface area (Å²) < 4.78 is 13.1. The molecule has 2 N–H and O–H groups in total. The van der Waals surface area contributed by atoms with Gasteiger partial charge in [-0.15, -0.1) is 0 Å². The summed E-state index contributed by atoms with van der Waals surface area (Å²) in [7, 11) is 0. The predicted octanol–water partition coefficient (Wildman–Crippen LogP) is 1.89. The van der Waals surface area contributed by atoms with Crippen LogP contribution in [0.1, 0.15) is 26.0 Å². The summed E-state index contributed by atoms with van der Waals surface area (Å²) in [4.78, 5) is 3.95. The minimum atomic E-state index is -0.260. The number of aromatic nitrogens is 1. The van der Waals surface area contributed by atoms with Crippen LogP contribution in [0.15, 0.2) is 18.3 Å². The molecule has 1 heterocycles. The molecular formula is C10H15FN2. The van der Waals surface area contributed by atoms with E-state index in [0.717, 1.165) is 6.42 Å². The molecule has 0 amide bonds. The summed E-state index contributed by atoms with van der Waals surface area (Å²) in [5.74, 6) is -0.244. The lowest BCUT2D eigenvalue weighted by atomic mass is 9.98. The zero-order valence-corrected chi connectivity index (χ0v) is 8.05. The van der Waals surface area contributed by atoms with E-state index in [-0.39, 0.29) is 11.4 Å². The molecule has 0 aliphatic carbocycles. The molecule has 0 saturated heterocycles. The second-order valence-electron chi connectivity index (χ2n) is 3.92. The van der Waals surface area contributed by atoms with Crippen molar-refractivity contribution in [3.05, 3.63) is 29.8 Å². The highest BCUT2D eigenvalue weighted by molar-refractivity contribution is 5.07. The maximum absolute atomic E-state index is 13.1. The number of rotatable bonds is 3. The molecule has 0 saturated carbocycles. The Labute approximate surface area is 78.0 Å². The number of halogens is 1. The minimum Gasteiger partial charge on any atom is -0.326 e. The van der Waals surface area contributed by atoms with Gasteiger partial charge in [0, 0.05) is 11.7 Å². The van der Waals surface area contributed by atoms with Crippen molar-refractivity contribution < 1.29 is 4.39 Å². The zero-order chi connectivity index (χ0) is 9.90. The Hall–Kier alpha value is -0.960. The number of nitrogens with zero attached hydrogens (tertiary/aromatic N) is 1. The standard InChI is InChI=1S/C10H15FN2/c1-10(2,12)6-5-9-8(11)4-3-7-13-9/h3-4,7H,5-6,12H2,1-2H3. The van der Waals surface area contributed by atoms with E-state index in [1.54, 1.807) is 12.3 Å². The van der Waals surface area contributed by atoms with E-state index in [1.807, 2.05) is 13.8 Å². The first-order chi connectivity index (χ1) is 5.99. The summed E-state index contributed by atoms with van der Waals surface area (Å²) >= 11 is 0. The molecule has 13 heavy (non-hydrogen) atoms. The molecule has 1 rings (SSSR count). The van der Waals surface area contributed by atoms with Crippen molar-refractivity contribution in [2.75, 3.05) is 0 Å². The van der Waals surface area contributed by atoms with Gasteiger partial charge in [0.25, 0.3) is 0 Å². The molecule has 0 aliphatic heterocycles. The smallest absolute Gasteiger partial charge is 0.144 e. The first kappa shape index (κ1) is 10.1. The molecule has 0 radical (unpaired) electrons. The Bertz CT molecular complexity index is 278. The predicted molar refractivity (Wildman–Crippen MR) is 50.8 cm³/mol. The quantitative estimate of drug-likeness (QED) is 0.775. The molecule has 0 aliphatic rings. The molecule has 0 atom stereocenters. The Morgan fingerprint density at radius 3 is 2.77 bits per heavy atom. The van der Waals surface area contributed by atoms with Gasteiger partial charge in [-0.3, -0.25) is 4.98 Å². The van der Waals surface area contributed by atoms with Crippen LogP contribution >= 0.6 is 0 Å². The van der Waals surface area contributed by atoms with E-state index in [2.05, 4.69) is 4.98 Å². The Kier molecular flexibility index (Phi) is 2.98. The zero-order valence-electron chi connectivity index (χ0n) is 8.05. The Morgan fingerprint density at radius 2 is 2.23 bits per heavy atom. The van der Waals surface area contributed by atoms with Crippen LogP contribution in [0.2, 0.25) is 0 Å². The summed E-state index contributed by atoms with van der Waals surface area (Å²) in [5.41, 5.74) is 6.02. The summed E-state index contributed by atoms with van der Waals surface area (Å²) in [5, 5.41) is 0. The number of hydrogen-bond acceptors (Lipinski definition) is 2. The van der Waals surface area contributed by atoms with Gasteiger partial charge in [-0.2, -0.15) is 0 Å². The lowest BCUT2D eigenvalue weighted by Crippen LogP contribution is -2.32. The van der Waals surface area contributed by atoms with Crippen LogP contribution in [0.5, 0.6) is 0 Å². The largest absolute Gasteiger partial charge is 0.326 e. The number of nitrogens with two attached hydrogens (primary N) is 1. The highest BCUT2D eigenvalue weighted by Gasteiger charge is 2.12. The van der Waals surface area contributed by atoms with Gasteiger partial charge in [-0.25, -0.2) is 4.39 Å². The van der Waals surface area contributed by atoms with Crippen molar-refractivity contribution >= 4 is 0 Å². The molecule has 0 unspecified atom stereocenters. The van der Waals surface area contributed by atoms with Gasteiger partial charge >= 0.3 is 0 Å². The van der Waals surface area contributed by atoms with E-state index < -0.39 is 0 Å². The van der Waals surface area contributed by atoms with Gasteiger partial charge in [-0.1, -0.05) is 0 Å². The molecule has 3 heteroatoms. The lowest BCUT2D eigenvalue weighted by molar-refractivity contribution is 0.466. The van der Waals surface area contributed by atoms with Crippen LogP contribution in [0.25, 0.3) is 0 Å². The fourth-order valence-corrected chi connectivity index (χ4v) is 1.04. The number of hydrogen-bond donors (Lipinski definition) is 1. The van der Waals surface area contributed by atoms with Crippen molar-refractivity contribution in [1.29, 1.82) is 0 Å². The van der Waals surface area contributed by atoms with Gasteiger partial charge in [0.1, 0.15) is 5.82 Å². The molecule has 0 spiro atoms. The van der Waals surface area contributed by atoms with Crippen molar-refractivity contribution in [1.82, 2.24) is 4.98 Å². The van der Waals surface area contributed by atoms with Crippen molar-refractivity contribution in [3.63, 3.8) is 0 Å². The van der Waals surface area contributed by atoms with E-state index in [0.29, 0.717) is 12.1 Å². The van der Waals surface area contributed by atoms with Crippen molar-refractivity contribution in [2.24, 2.45) is 5.73 Å². The highest BCUT2D eigenvalue weighted by atomic mass is 19.1. The van der Waals surface area contributed by atoms with E-state index in [1.165, 1.54) is 6.07 Å². The van der Waals surface area contributed by atoms with Crippen LogP contribution in [-0.2, 0) is 6.42 Å². The summed E-state index contributed by atoms with van der Waals surface area (Å²) in [6.07, 6.45) is 2.93. The van der Waals surface area contributed by atoms with Crippen LogP contribution in [-0.4, -0.2) is 10.5 Å². The SMILES string of the molecule is CC(C)(N)CCc1ncccc1F. The van der Waals surface area contributed by atoms with Gasteiger partial charge in [-0.05, 0) is 38.8 Å². The molecule has 1 aromatic heterocycles. The molecular weight excluding hydrogens is 167 g/mol. The van der Waals surface area contributed by atoms with E-state index in [9.17, 15) is 4.39 Å². The van der Waals surface area contributed by atoms with E-state index >= 15 is 0 Å². The minimum absolute atomic E-state index is 0.244.